The van der Waals surface area contributed by atoms with Crippen molar-refractivity contribution >= 4 is 0 Å². The van der Waals surface area contributed by atoms with E-state index >= 15 is 0 Å². The molecule has 3 nitrogen and oxygen atoms in total. The van der Waals surface area contributed by atoms with Crippen LogP contribution >= 0.6 is 0 Å². The number of pyridine rings is 1. The van der Waals surface area contributed by atoms with Crippen molar-refractivity contribution in [2.45, 2.75) is 26.8 Å². The van der Waals surface area contributed by atoms with Crippen LogP contribution in [0.4, 0.5) is 4.39 Å². The Hall–Kier alpha value is -1.94. The van der Waals surface area contributed by atoms with Crippen molar-refractivity contribution in [2.75, 3.05) is 6.54 Å². The van der Waals surface area contributed by atoms with E-state index in [-0.39, 0.29) is 5.82 Å². The molecule has 0 radical (unpaired) electrons. The topological polar surface area (TPSA) is 34.2 Å². The lowest BCUT2D eigenvalue weighted by atomic mass is 10.2. The molecule has 0 aliphatic heterocycles. The molecule has 0 fully saturated rings. The van der Waals surface area contributed by atoms with Gasteiger partial charge in [0, 0.05) is 24.5 Å². The molecule has 20 heavy (non-hydrogen) atoms. The zero-order chi connectivity index (χ0) is 14.4. The Bertz CT molecular complexity index is 572. The molecule has 0 saturated carbocycles. The molecule has 0 bridgehead atoms. The zero-order valence-electron chi connectivity index (χ0n) is 11.8. The molecule has 0 aliphatic carbocycles. The third-order valence-electron chi connectivity index (χ3n) is 2.96. The molecule has 2 aromatic rings. The summed E-state index contributed by atoms with van der Waals surface area (Å²) in [6.45, 7) is 5.60. The fourth-order valence-corrected chi connectivity index (χ4v) is 1.89. The van der Waals surface area contributed by atoms with E-state index in [2.05, 4.69) is 17.2 Å². The van der Waals surface area contributed by atoms with Gasteiger partial charge in [0.05, 0.1) is 0 Å². The molecule has 0 amide bonds. The van der Waals surface area contributed by atoms with Crippen LogP contribution in [0.25, 0.3) is 0 Å². The fourth-order valence-electron chi connectivity index (χ4n) is 1.89. The predicted molar refractivity (Wildman–Crippen MR) is 77.4 cm³/mol. The average molecular weight is 274 g/mol. The van der Waals surface area contributed by atoms with E-state index in [0.29, 0.717) is 12.3 Å². The molecular formula is C16H19FN2O. The SMILES string of the molecule is CCCNCc1cnccc1Oc1ccc(F)cc1C. The number of halogens is 1. The minimum Gasteiger partial charge on any atom is -0.457 e. The molecule has 2 rings (SSSR count). The number of aromatic nitrogens is 1. The Morgan fingerprint density at radius 1 is 1.25 bits per heavy atom. The minimum absolute atomic E-state index is 0.255. The van der Waals surface area contributed by atoms with Gasteiger partial charge in [0.25, 0.3) is 0 Å². The molecule has 106 valence electrons. The summed E-state index contributed by atoms with van der Waals surface area (Å²) in [4.78, 5) is 4.12. The number of nitrogens with one attached hydrogen (secondary N) is 1. The lowest BCUT2D eigenvalue weighted by Gasteiger charge is -2.13. The smallest absolute Gasteiger partial charge is 0.135 e. The van der Waals surface area contributed by atoms with Crippen LogP contribution in [0.2, 0.25) is 0 Å². The molecule has 1 heterocycles. The molecule has 0 spiro atoms. The van der Waals surface area contributed by atoms with Crippen molar-refractivity contribution in [3.63, 3.8) is 0 Å². The van der Waals surface area contributed by atoms with Crippen molar-refractivity contribution in [1.82, 2.24) is 10.3 Å². The second-order valence-electron chi connectivity index (χ2n) is 4.67. The van der Waals surface area contributed by atoms with E-state index in [0.717, 1.165) is 29.8 Å². The van der Waals surface area contributed by atoms with Gasteiger partial charge in [-0.15, -0.1) is 0 Å². The summed E-state index contributed by atoms with van der Waals surface area (Å²) in [5.41, 5.74) is 1.76. The van der Waals surface area contributed by atoms with Gasteiger partial charge >= 0.3 is 0 Å². The summed E-state index contributed by atoms with van der Waals surface area (Å²) in [5, 5.41) is 3.32. The number of ether oxygens (including phenoxy) is 1. The number of aryl methyl sites for hydroxylation is 1. The van der Waals surface area contributed by atoms with Gasteiger partial charge in [0.2, 0.25) is 0 Å². The molecule has 1 N–H and O–H groups in total. The maximum Gasteiger partial charge on any atom is 0.135 e. The summed E-state index contributed by atoms with van der Waals surface area (Å²) in [7, 11) is 0. The first-order chi connectivity index (χ1) is 9.70. The van der Waals surface area contributed by atoms with Crippen LogP contribution in [0.3, 0.4) is 0 Å². The minimum atomic E-state index is -0.255. The van der Waals surface area contributed by atoms with Gasteiger partial charge in [-0.1, -0.05) is 6.92 Å². The highest BCUT2D eigenvalue weighted by Crippen LogP contribution is 2.27. The summed E-state index contributed by atoms with van der Waals surface area (Å²) in [6, 6.07) is 6.34. The van der Waals surface area contributed by atoms with E-state index in [4.69, 9.17) is 4.74 Å². The van der Waals surface area contributed by atoms with Crippen LogP contribution in [0.15, 0.2) is 36.7 Å². The van der Waals surface area contributed by atoms with Crippen molar-refractivity contribution < 1.29 is 9.13 Å². The first kappa shape index (κ1) is 14.5. The Morgan fingerprint density at radius 2 is 2.10 bits per heavy atom. The fraction of sp³-hybridized carbons (Fsp3) is 0.312. The van der Waals surface area contributed by atoms with Crippen LogP contribution < -0.4 is 10.1 Å². The second-order valence-corrected chi connectivity index (χ2v) is 4.67. The summed E-state index contributed by atoms with van der Waals surface area (Å²) < 4.78 is 19.0. The molecular weight excluding hydrogens is 255 g/mol. The van der Waals surface area contributed by atoms with Gasteiger partial charge in [0.15, 0.2) is 0 Å². The van der Waals surface area contributed by atoms with Crippen LogP contribution in [0.1, 0.15) is 24.5 Å². The third kappa shape index (κ3) is 3.78. The molecule has 1 aromatic heterocycles. The van der Waals surface area contributed by atoms with Crippen molar-refractivity contribution in [3.05, 3.63) is 53.6 Å². The molecule has 4 heteroatoms. The summed E-state index contributed by atoms with van der Waals surface area (Å²) >= 11 is 0. The quantitative estimate of drug-likeness (QED) is 0.813. The number of nitrogens with zero attached hydrogens (tertiary/aromatic N) is 1. The van der Waals surface area contributed by atoms with Gasteiger partial charge in [-0.2, -0.15) is 0 Å². The summed E-state index contributed by atoms with van der Waals surface area (Å²) in [5.74, 6) is 1.15. The standard InChI is InChI=1S/C16H19FN2O/c1-3-7-18-10-13-11-19-8-6-16(13)20-15-5-4-14(17)9-12(15)2/h4-6,8-9,11,18H,3,7,10H2,1-2H3. The van der Waals surface area contributed by atoms with E-state index in [9.17, 15) is 4.39 Å². The number of hydrogen-bond donors (Lipinski definition) is 1. The van der Waals surface area contributed by atoms with Gasteiger partial charge in [0.1, 0.15) is 17.3 Å². The van der Waals surface area contributed by atoms with E-state index in [1.165, 1.54) is 12.1 Å². The molecule has 0 saturated heterocycles. The van der Waals surface area contributed by atoms with E-state index in [1.54, 1.807) is 18.5 Å². The number of hydrogen-bond acceptors (Lipinski definition) is 3. The first-order valence-electron chi connectivity index (χ1n) is 6.78. The highest BCUT2D eigenvalue weighted by Gasteiger charge is 2.07. The highest BCUT2D eigenvalue weighted by atomic mass is 19.1. The highest BCUT2D eigenvalue weighted by molar-refractivity contribution is 5.39. The molecule has 0 aliphatic rings. The number of benzene rings is 1. The maximum absolute atomic E-state index is 13.1. The normalized spacial score (nSPS) is 10.6. The van der Waals surface area contributed by atoms with Crippen LogP contribution in [-0.2, 0) is 6.54 Å². The monoisotopic (exact) mass is 274 g/mol. The average Bonchev–Trinajstić information content (AvgIpc) is 2.44. The van der Waals surface area contributed by atoms with Crippen LogP contribution in [0, 0.1) is 12.7 Å². The predicted octanol–water partition coefficient (Wildman–Crippen LogP) is 3.82. The summed E-state index contributed by atoms with van der Waals surface area (Å²) in [6.07, 6.45) is 4.56. The lowest BCUT2D eigenvalue weighted by Crippen LogP contribution is -2.14. The Kier molecular flexibility index (Phi) is 5.07. The Morgan fingerprint density at radius 3 is 2.85 bits per heavy atom. The Labute approximate surface area is 118 Å². The first-order valence-corrected chi connectivity index (χ1v) is 6.78. The lowest BCUT2D eigenvalue weighted by molar-refractivity contribution is 0.466. The van der Waals surface area contributed by atoms with Crippen molar-refractivity contribution in [2.24, 2.45) is 0 Å². The largest absolute Gasteiger partial charge is 0.457 e. The Balaban J connectivity index is 2.16. The van der Waals surface area contributed by atoms with E-state index in [1.807, 2.05) is 13.0 Å². The second kappa shape index (κ2) is 7.01. The number of rotatable bonds is 6. The van der Waals surface area contributed by atoms with Gasteiger partial charge in [-0.05, 0) is 49.7 Å². The molecule has 0 unspecified atom stereocenters. The van der Waals surface area contributed by atoms with Crippen molar-refractivity contribution in [3.8, 4) is 11.5 Å². The molecule has 0 atom stereocenters. The van der Waals surface area contributed by atoms with Gasteiger partial charge in [-0.25, -0.2) is 4.39 Å². The van der Waals surface area contributed by atoms with E-state index < -0.39 is 0 Å². The van der Waals surface area contributed by atoms with Crippen molar-refractivity contribution in [1.29, 1.82) is 0 Å². The zero-order valence-corrected chi connectivity index (χ0v) is 11.8. The van der Waals surface area contributed by atoms with Gasteiger partial charge < -0.3 is 10.1 Å². The van der Waals surface area contributed by atoms with Crippen LogP contribution in [-0.4, -0.2) is 11.5 Å². The third-order valence-corrected chi connectivity index (χ3v) is 2.96. The van der Waals surface area contributed by atoms with Crippen LogP contribution in [0.5, 0.6) is 11.5 Å². The maximum atomic E-state index is 13.1. The van der Waals surface area contributed by atoms with Gasteiger partial charge in [-0.3, -0.25) is 4.98 Å². The molecule has 1 aromatic carbocycles.